The molecule has 2 aromatic carbocycles. The Balaban J connectivity index is 2.47. The molecule has 0 aliphatic heterocycles. The molecular formula is C24H29ClF3N3O4S. The van der Waals surface area contributed by atoms with Crippen LogP contribution in [0.1, 0.15) is 37.0 Å². The highest BCUT2D eigenvalue weighted by Crippen LogP contribution is 2.36. The summed E-state index contributed by atoms with van der Waals surface area (Å²) in [7, 11) is -4.24. The van der Waals surface area contributed by atoms with Crippen LogP contribution in [0.4, 0.5) is 18.9 Å². The highest BCUT2D eigenvalue weighted by molar-refractivity contribution is 7.92. The first-order chi connectivity index (χ1) is 16.6. The van der Waals surface area contributed by atoms with Crippen LogP contribution in [0.3, 0.4) is 0 Å². The molecule has 0 aliphatic carbocycles. The summed E-state index contributed by atoms with van der Waals surface area (Å²) in [6.45, 7) is 4.76. The lowest BCUT2D eigenvalue weighted by atomic mass is 10.1. The van der Waals surface area contributed by atoms with Gasteiger partial charge >= 0.3 is 6.18 Å². The number of halogens is 4. The summed E-state index contributed by atoms with van der Waals surface area (Å²) in [4.78, 5) is 27.3. The van der Waals surface area contributed by atoms with E-state index in [9.17, 15) is 31.2 Å². The highest BCUT2D eigenvalue weighted by atomic mass is 35.5. The summed E-state index contributed by atoms with van der Waals surface area (Å²) in [5.41, 5.74) is 0.0624. The van der Waals surface area contributed by atoms with Gasteiger partial charge in [0, 0.05) is 13.1 Å². The molecule has 0 aliphatic rings. The van der Waals surface area contributed by atoms with E-state index < -0.39 is 51.9 Å². The zero-order valence-corrected chi connectivity index (χ0v) is 22.0. The van der Waals surface area contributed by atoms with Gasteiger partial charge in [0.1, 0.15) is 12.6 Å². The third kappa shape index (κ3) is 7.86. The second-order valence-electron chi connectivity index (χ2n) is 8.41. The minimum absolute atomic E-state index is 0.0201. The number of alkyl halides is 3. The number of aryl methyl sites for hydroxylation is 1. The molecular weight excluding hydrogens is 519 g/mol. The smallest absolute Gasteiger partial charge is 0.354 e. The second-order valence-corrected chi connectivity index (χ2v) is 10.7. The number of hydrogen-bond donors (Lipinski definition) is 1. The van der Waals surface area contributed by atoms with E-state index in [0.717, 1.165) is 24.0 Å². The summed E-state index contributed by atoms with van der Waals surface area (Å²) < 4.78 is 65.5. The Morgan fingerprint density at radius 3 is 2.25 bits per heavy atom. The molecule has 1 N–H and O–H groups in total. The summed E-state index contributed by atoms with van der Waals surface area (Å²) in [5.74, 6) is -1.23. The minimum Gasteiger partial charge on any atom is -0.354 e. The van der Waals surface area contributed by atoms with E-state index in [2.05, 4.69) is 5.32 Å². The molecule has 2 rings (SSSR count). The summed E-state index contributed by atoms with van der Waals surface area (Å²) in [6, 6.07) is 8.43. The van der Waals surface area contributed by atoms with Crippen LogP contribution in [-0.2, 0) is 32.3 Å². The van der Waals surface area contributed by atoms with Crippen molar-refractivity contribution in [2.24, 2.45) is 0 Å². The van der Waals surface area contributed by atoms with Gasteiger partial charge in [-0.1, -0.05) is 48.4 Å². The lowest BCUT2D eigenvalue weighted by molar-refractivity contribution is -0.139. The number of nitrogens with zero attached hydrogens (tertiary/aromatic N) is 2. The molecule has 7 nitrogen and oxygen atoms in total. The van der Waals surface area contributed by atoms with Crippen LogP contribution < -0.4 is 9.62 Å². The van der Waals surface area contributed by atoms with Crippen molar-refractivity contribution in [1.82, 2.24) is 10.2 Å². The summed E-state index contributed by atoms with van der Waals surface area (Å²) >= 11 is 6.06. The third-order valence-electron chi connectivity index (χ3n) is 5.41. The van der Waals surface area contributed by atoms with Crippen molar-refractivity contribution in [3.63, 3.8) is 0 Å². The van der Waals surface area contributed by atoms with E-state index in [4.69, 9.17) is 11.6 Å². The lowest BCUT2D eigenvalue weighted by Crippen LogP contribution is -2.51. The van der Waals surface area contributed by atoms with Crippen molar-refractivity contribution in [3.05, 3.63) is 64.2 Å². The van der Waals surface area contributed by atoms with Gasteiger partial charge in [-0.3, -0.25) is 13.9 Å². The van der Waals surface area contributed by atoms with Gasteiger partial charge in [0.05, 0.1) is 22.5 Å². The Morgan fingerprint density at radius 2 is 1.72 bits per heavy atom. The third-order valence-corrected chi connectivity index (χ3v) is 6.86. The number of carbonyl (C=O) groups is 2. The molecule has 1 atom stereocenters. The average molecular weight is 548 g/mol. The van der Waals surface area contributed by atoms with Crippen LogP contribution in [0.15, 0.2) is 42.5 Å². The van der Waals surface area contributed by atoms with Crippen LogP contribution in [-0.4, -0.2) is 50.5 Å². The fourth-order valence-corrected chi connectivity index (χ4v) is 4.47. The van der Waals surface area contributed by atoms with E-state index in [-0.39, 0.29) is 11.6 Å². The molecule has 2 aromatic rings. The summed E-state index contributed by atoms with van der Waals surface area (Å²) in [5, 5.41) is 2.42. The van der Waals surface area contributed by atoms with Crippen LogP contribution in [0, 0.1) is 6.92 Å². The van der Waals surface area contributed by atoms with E-state index in [0.29, 0.717) is 28.9 Å². The van der Waals surface area contributed by atoms with Gasteiger partial charge < -0.3 is 10.2 Å². The number of rotatable bonds is 10. The molecule has 0 spiro atoms. The summed E-state index contributed by atoms with van der Waals surface area (Å²) in [6.07, 6.45) is -3.32. The minimum atomic E-state index is -4.75. The van der Waals surface area contributed by atoms with E-state index in [1.165, 1.54) is 11.8 Å². The predicted octanol–water partition coefficient (Wildman–Crippen LogP) is 4.38. The van der Waals surface area contributed by atoms with Gasteiger partial charge in [-0.25, -0.2) is 8.42 Å². The number of hydrogen-bond acceptors (Lipinski definition) is 4. The Morgan fingerprint density at radius 1 is 1.11 bits per heavy atom. The maximum atomic E-state index is 13.4. The van der Waals surface area contributed by atoms with Crippen LogP contribution in [0.5, 0.6) is 0 Å². The first kappa shape index (κ1) is 29.4. The van der Waals surface area contributed by atoms with Crippen molar-refractivity contribution in [2.75, 3.05) is 23.7 Å². The first-order valence-electron chi connectivity index (χ1n) is 11.1. The molecule has 0 saturated heterocycles. The van der Waals surface area contributed by atoms with Crippen molar-refractivity contribution >= 4 is 39.1 Å². The number of sulfonamides is 1. The SMILES string of the molecule is CCCNC(=O)C(C)N(Cc1ccc(C)cc1)C(=O)CN(c1cc(C(F)(F)F)ccc1Cl)S(C)(=O)=O. The molecule has 0 aromatic heterocycles. The zero-order chi connectivity index (χ0) is 27.3. The number of carbonyl (C=O) groups excluding carboxylic acids is 2. The average Bonchev–Trinajstić information content (AvgIpc) is 2.79. The van der Waals surface area contributed by atoms with E-state index >= 15 is 0 Å². The van der Waals surface area contributed by atoms with Crippen molar-refractivity contribution in [1.29, 1.82) is 0 Å². The molecule has 0 radical (unpaired) electrons. The fourth-order valence-electron chi connectivity index (χ4n) is 3.34. The molecule has 12 heteroatoms. The highest BCUT2D eigenvalue weighted by Gasteiger charge is 2.34. The maximum absolute atomic E-state index is 13.4. The molecule has 0 saturated carbocycles. The first-order valence-corrected chi connectivity index (χ1v) is 13.3. The molecule has 198 valence electrons. The molecule has 36 heavy (non-hydrogen) atoms. The van der Waals surface area contributed by atoms with Crippen molar-refractivity contribution < 1.29 is 31.2 Å². The maximum Gasteiger partial charge on any atom is 0.416 e. The van der Waals surface area contributed by atoms with Crippen LogP contribution in [0.25, 0.3) is 0 Å². The quantitative estimate of drug-likeness (QED) is 0.478. The molecule has 0 heterocycles. The monoisotopic (exact) mass is 547 g/mol. The largest absolute Gasteiger partial charge is 0.416 e. The lowest BCUT2D eigenvalue weighted by Gasteiger charge is -2.32. The molecule has 2 amide bonds. The molecule has 1 unspecified atom stereocenters. The number of benzene rings is 2. The number of anilines is 1. The van der Waals surface area contributed by atoms with Crippen molar-refractivity contribution in [3.8, 4) is 0 Å². The number of amides is 2. The Labute approximate surface area is 214 Å². The van der Waals surface area contributed by atoms with Gasteiger partial charge in [0.2, 0.25) is 21.8 Å². The Bertz CT molecular complexity index is 1190. The standard InChI is InChI=1S/C24H29ClF3N3O4S/c1-5-12-29-23(33)17(3)30(14-18-8-6-16(2)7-9-18)22(32)15-31(36(4,34)35)21-13-19(24(26,27)28)10-11-20(21)25/h6-11,13,17H,5,12,14-15H2,1-4H3,(H,29,33). The fraction of sp³-hybridized carbons (Fsp3) is 0.417. The van der Waals surface area contributed by atoms with Gasteiger partial charge in [-0.2, -0.15) is 13.2 Å². The number of nitrogens with one attached hydrogen (secondary N) is 1. The Hall–Kier alpha value is -2.79. The second kappa shape index (κ2) is 12.0. The topological polar surface area (TPSA) is 86.8 Å². The van der Waals surface area contributed by atoms with Crippen LogP contribution in [0.2, 0.25) is 5.02 Å². The van der Waals surface area contributed by atoms with Gasteiger partial charge in [0.15, 0.2) is 0 Å². The molecule has 0 fully saturated rings. The zero-order valence-electron chi connectivity index (χ0n) is 20.4. The molecule has 0 bridgehead atoms. The van der Waals surface area contributed by atoms with Gasteiger partial charge in [0.25, 0.3) is 0 Å². The van der Waals surface area contributed by atoms with Gasteiger partial charge in [-0.05, 0) is 44.0 Å². The van der Waals surface area contributed by atoms with E-state index in [1.54, 1.807) is 12.1 Å². The van der Waals surface area contributed by atoms with Crippen molar-refractivity contribution in [2.45, 2.75) is 46.0 Å². The predicted molar refractivity (Wildman–Crippen MR) is 133 cm³/mol. The van der Waals surface area contributed by atoms with E-state index in [1.807, 2.05) is 26.0 Å². The normalized spacial score (nSPS) is 12.7. The Kier molecular flexibility index (Phi) is 9.78. The van der Waals surface area contributed by atoms with Crippen LogP contribution >= 0.6 is 11.6 Å². The van der Waals surface area contributed by atoms with Gasteiger partial charge in [-0.15, -0.1) is 0 Å².